The first-order valence-electron chi connectivity index (χ1n) is 5.11. The highest BCUT2D eigenvalue weighted by molar-refractivity contribution is 5.88. The number of carbonyl (C=O) groups excluding carboxylic acids is 1. The third-order valence-electron chi connectivity index (χ3n) is 3.48. The molecule has 0 spiro atoms. The summed E-state index contributed by atoms with van der Waals surface area (Å²) in [6.07, 6.45) is 5.50. The van der Waals surface area contributed by atoms with Crippen LogP contribution in [0.15, 0.2) is 0 Å². The Morgan fingerprint density at radius 2 is 2.00 bits per heavy atom. The molecule has 2 saturated carbocycles. The van der Waals surface area contributed by atoms with Crippen LogP contribution in [0, 0.1) is 5.41 Å². The van der Waals surface area contributed by atoms with Gasteiger partial charge in [-0.1, -0.05) is 13.3 Å². The standard InChI is InChI=1S/C10H18N2O/c1-9(3-2-4-9)7-12-8(13)10(11)5-6-10/h2-7,11H2,1H3,(H,12,13). The van der Waals surface area contributed by atoms with E-state index in [-0.39, 0.29) is 5.91 Å². The lowest BCUT2D eigenvalue weighted by atomic mass is 9.70. The minimum Gasteiger partial charge on any atom is -0.354 e. The van der Waals surface area contributed by atoms with E-state index < -0.39 is 5.54 Å². The Bertz CT molecular complexity index is 229. The number of nitrogens with two attached hydrogens (primary N) is 1. The summed E-state index contributed by atoms with van der Waals surface area (Å²) < 4.78 is 0. The van der Waals surface area contributed by atoms with Crippen molar-refractivity contribution < 1.29 is 4.79 Å². The van der Waals surface area contributed by atoms with Gasteiger partial charge in [-0.25, -0.2) is 0 Å². The lowest BCUT2D eigenvalue weighted by molar-refractivity contribution is -0.124. The third-order valence-corrected chi connectivity index (χ3v) is 3.48. The maximum Gasteiger partial charge on any atom is 0.240 e. The number of rotatable bonds is 3. The smallest absolute Gasteiger partial charge is 0.240 e. The maximum absolute atomic E-state index is 11.5. The lowest BCUT2D eigenvalue weighted by Gasteiger charge is -2.38. The summed E-state index contributed by atoms with van der Waals surface area (Å²) in [6.45, 7) is 3.04. The van der Waals surface area contributed by atoms with E-state index in [0.29, 0.717) is 5.41 Å². The zero-order valence-electron chi connectivity index (χ0n) is 8.23. The Hall–Kier alpha value is -0.570. The average Bonchev–Trinajstić information content (AvgIpc) is 2.77. The van der Waals surface area contributed by atoms with Crippen LogP contribution in [0.2, 0.25) is 0 Å². The number of hydrogen-bond donors (Lipinski definition) is 2. The molecular weight excluding hydrogens is 164 g/mol. The fourth-order valence-electron chi connectivity index (χ4n) is 1.79. The van der Waals surface area contributed by atoms with Crippen LogP contribution in [0.5, 0.6) is 0 Å². The van der Waals surface area contributed by atoms with Crippen LogP contribution in [-0.2, 0) is 4.79 Å². The van der Waals surface area contributed by atoms with Gasteiger partial charge in [0.2, 0.25) is 5.91 Å². The van der Waals surface area contributed by atoms with Crippen LogP contribution < -0.4 is 11.1 Å². The Morgan fingerprint density at radius 3 is 2.38 bits per heavy atom. The van der Waals surface area contributed by atoms with Gasteiger partial charge in [0.05, 0.1) is 5.54 Å². The monoisotopic (exact) mass is 182 g/mol. The molecule has 0 heterocycles. The van der Waals surface area contributed by atoms with Gasteiger partial charge in [0, 0.05) is 6.54 Å². The van der Waals surface area contributed by atoms with Crippen molar-refractivity contribution in [3.05, 3.63) is 0 Å². The molecule has 2 aliphatic rings. The summed E-state index contributed by atoms with van der Waals surface area (Å²) in [6, 6.07) is 0. The first kappa shape index (κ1) is 9.00. The van der Waals surface area contributed by atoms with E-state index in [9.17, 15) is 4.79 Å². The van der Waals surface area contributed by atoms with Crippen LogP contribution in [0.25, 0.3) is 0 Å². The van der Waals surface area contributed by atoms with E-state index in [1.165, 1.54) is 19.3 Å². The molecule has 3 heteroatoms. The molecule has 2 rings (SSSR count). The number of hydrogen-bond acceptors (Lipinski definition) is 2. The Morgan fingerprint density at radius 1 is 1.38 bits per heavy atom. The molecular formula is C10H18N2O. The van der Waals surface area contributed by atoms with Crippen LogP contribution in [0.4, 0.5) is 0 Å². The van der Waals surface area contributed by atoms with E-state index in [2.05, 4.69) is 12.2 Å². The van der Waals surface area contributed by atoms with Gasteiger partial charge in [-0.05, 0) is 31.1 Å². The van der Waals surface area contributed by atoms with Crippen LogP contribution in [0.3, 0.4) is 0 Å². The van der Waals surface area contributed by atoms with Crippen LogP contribution in [0.1, 0.15) is 39.0 Å². The van der Waals surface area contributed by atoms with Crippen molar-refractivity contribution >= 4 is 5.91 Å². The van der Waals surface area contributed by atoms with E-state index in [1.54, 1.807) is 0 Å². The molecule has 3 nitrogen and oxygen atoms in total. The number of carbonyl (C=O) groups is 1. The van der Waals surface area contributed by atoms with Crippen molar-refractivity contribution in [2.45, 2.75) is 44.6 Å². The van der Waals surface area contributed by atoms with Crippen molar-refractivity contribution in [1.82, 2.24) is 5.32 Å². The van der Waals surface area contributed by atoms with E-state index in [1.807, 2.05) is 0 Å². The minimum absolute atomic E-state index is 0.0561. The normalized spacial score (nSPS) is 27.5. The van der Waals surface area contributed by atoms with Crippen LogP contribution >= 0.6 is 0 Å². The molecule has 0 unspecified atom stereocenters. The van der Waals surface area contributed by atoms with Gasteiger partial charge in [0.15, 0.2) is 0 Å². The first-order valence-corrected chi connectivity index (χ1v) is 5.11. The summed E-state index contributed by atoms with van der Waals surface area (Å²) in [5, 5.41) is 2.96. The van der Waals surface area contributed by atoms with Gasteiger partial charge < -0.3 is 11.1 Å². The summed E-state index contributed by atoms with van der Waals surface area (Å²) in [5.41, 5.74) is 5.63. The summed E-state index contributed by atoms with van der Waals surface area (Å²) in [4.78, 5) is 11.5. The van der Waals surface area contributed by atoms with Crippen molar-refractivity contribution in [2.24, 2.45) is 11.1 Å². The quantitative estimate of drug-likeness (QED) is 0.678. The second-order valence-electron chi connectivity index (χ2n) is 5.00. The predicted octanol–water partition coefficient (Wildman–Crippen LogP) is 0.784. The zero-order chi connectivity index (χ0) is 9.53. The molecule has 0 aromatic rings. The second kappa shape index (κ2) is 2.71. The van der Waals surface area contributed by atoms with E-state index >= 15 is 0 Å². The Labute approximate surface area is 79.1 Å². The van der Waals surface area contributed by atoms with Gasteiger partial charge in [-0.2, -0.15) is 0 Å². The lowest BCUT2D eigenvalue weighted by Crippen LogP contribution is -2.47. The first-order chi connectivity index (χ1) is 6.04. The topological polar surface area (TPSA) is 55.1 Å². The highest BCUT2D eigenvalue weighted by atomic mass is 16.2. The fourth-order valence-corrected chi connectivity index (χ4v) is 1.79. The highest BCUT2D eigenvalue weighted by Gasteiger charge is 2.46. The van der Waals surface area contributed by atoms with Crippen LogP contribution in [-0.4, -0.2) is 18.0 Å². The maximum atomic E-state index is 11.5. The Kier molecular flexibility index (Phi) is 1.88. The molecule has 0 aliphatic heterocycles. The molecule has 0 aromatic carbocycles. The van der Waals surface area contributed by atoms with Crippen molar-refractivity contribution in [1.29, 1.82) is 0 Å². The molecule has 1 amide bonds. The number of nitrogens with one attached hydrogen (secondary N) is 1. The third kappa shape index (κ3) is 1.70. The van der Waals surface area contributed by atoms with Crippen molar-refractivity contribution in [2.75, 3.05) is 6.54 Å². The molecule has 0 atom stereocenters. The van der Waals surface area contributed by atoms with Gasteiger partial charge >= 0.3 is 0 Å². The SMILES string of the molecule is CC1(CNC(=O)C2(N)CC2)CCC1. The Balaban J connectivity index is 1.76. The van der Waals surface area contributed by atoms with Gasteiger partial charge in [-0.15, -0.1) is 0 Å². The van der Waals surface area contributed by atoms with Crippen molar-refractivity contribution in [3.8, 4) is 0 Å². The molecule has 3 N–H and O–H groups in total. The van der Waals surface area contributed by atoms with E-state index in [4.69, 9.17) is 5.73 Å². The summed E-state index contributed by atoms with van der Waals surface area (Å²) in [7, 11) is 0. The molecule has 2 fully saturated rings. The summed E-state index contributed by atoms with van der Waals surface area (Å²) >= 11 is 0. The van der Waals surface area contributed by atoms with Gasteiger partial charge in [-0.3, -0.25) is 4.79 Å². The second-order valence-corrected chi connectivity index (χ2v) is 5.00. The molecule has 13 heavy (non-hydrogen) atoms. The molecule has 0 aromatic heterocycles. The zero-order valence-corrected chi connectivity index (χ0v) is 8.23. The van der Waals surface area contributed by atoms with Gasteiger partial charge in [0.1, 0.15) is 0 Å². The average molecular weight is 182 g/mol. The van der Waals surface area contributed by atoms with Gasteiger partial charge in [0.25, 0.3) is 0 Å². The largest absolute Gasteiger partial charge is 0.354 e. The van der Waals surface area contributed by atoms with E-state index in [0.717, 1.165) is 19.4 Å². The molecule has 0 saturated heterocycles. The summed E-state index contributed by atoms with van der Waals surface area (Å²) in [5.74, 6) is 0.0561. The molecule has 2 aliphatic carbocycles. The molecule has 74 valence electrons. The van der Waals surface area contributed by atoms with Crippen molar-refractivity contribution in [3.63, 3.8) is 0 Å². The number of amides is 1. The molecule has 0 bridgehead atoms. The predicted molar refractivity (Wildman–Crippen MR) is 51.1 cm³/mol. The fraction of sp³-hybridized carbons (Fsp3) is 0.900. The highest BCUT2D eigenvalue weighted by Crippen LogP contribution is 2.40. The minimum atomic E-state index is -0.500. The molecule has 0 radical (unpaired) electrons.